The van der Waals surface area contributed by atoms with Crippen LogP contribution >= 0.6 is 12.2 Å². The zero-order chi connectivity index (χ0) is 14.8. The average molecular weight is 304 g/mol. The minimum Gasteiger partial charge on any atom is -0.508 e. The maximum atomic E-state index is 12.6. The fraction of sp³-hybridized carbons (Fsp3) is 0.500. The molecule has 0 aromatic heterocycles. The SMILES string of the molecule is O=C1[C@H](Cc2ccc(O)cc2)NC(=S)N1C1CCCCC1. The van der Waals surface area contributed by atoms with E-state index in [2.05, 4.69) is 5.32 Å². The van der Waals surface area contributed by atoms with Crippen molar-refractivity contribution in [3.63, 3.8) is 0 Å². The van der Waals surface area contributed by atoms with E-state index in [1.165, 1.54) is 19.3 Å². The van der Waals surface area contributed by atoms with E-state index in [1.54, 1.807) is 17.0 Å². The summed E-state index contributed by atoms with van der Waals surface area (Å²) < 4.78 is 0. The van der Waals surface area contributed by atoms with Gasteiger partial charge in [0.1, 0.15) is 11.8 Å². The first-order valence-electron chi connectivity index (χ1n) is 7.56. The van der Waals surface area contributed by atoms with Crippen molar-refractivity contribution in [3.05, 3.63) is 29.8 Å². The first-order valence-corrected chi connectivity index (χ1v) is 7.97. The summed E-state index contributed by atoms with van der Waals surface area (Å²) in [5, 5.41) is 13.1. The maximum Gasteiger partial charge on any atom is 0.251 e. The molecule has 1 saturated carbocycles. The second-order valence-electron chi connectivity index (χ2n) is 5.87. The molecule has 3 rings (SSSR count). The van der Waals surface area contributed by atoms with Crippen molar-refractivity contribution >= 4 is 23.2 Å². The Morgan fingerprint density at radius 1 is 1.19 bits per heavy atom. The first kappa shape index (κ1) is 14.3. The van der Waals surface area contributed by atoms with Crippen LogP contribution in [-0.2, 0) is 11.2 Å². The van der Waals surface area contributed by atoms with E-state index in [9.17, 15) is 9.90 Å². The van der Waals surface area contributed by atoms with Crippen molar-refractivity contribution in [2.24, 2.45) is 0 Å². The molecule has 112 valence electrons. The van der Waals surface area contributed by atoms with Gasteiger partial charge in [-0.3, -0.25) is 9.69 Å². The number of hydrogen-bond acceptors (Lipinski definition) is 3. The third-order valence-electron chi connectivity index (χ3n) is 4.37. The lowest BCUT2D eigenvalue weighted by molar-refractivity contribution is -0.129. The van der Waals surface area contributed by atoms with E-state index >= 15 is 0 Å². The molecule has 4 nitrogen and oxygen atoms in total. The number of benzene rings is 1. The molecule has 1 saturated heterocycles. The zero-order valence-electron chi connectivity index (χ0n) is 11.9. The highest BCUT2D eigenvalue weighted by Crippen LogP contribution is 2.26. The summed E-state index contributed by atoms with van der Waals surface area (Å²) in [6, 6.07) is 6.98. The third-order valence-corrected chi connectivity index (χ3v) is 4.68. The summed E-state index contributed by atoms with van der Waals surface area (Å²) in [6.45, 7) is 0. The summed E-state index contributed by atoms with van der Waals surface area (Å²) in [5.41, 5.74) is 1.02. The summed E-state index contributed by atoms with van der Waals surface area (Å²) in [6.07, 6.45) is 6.33. The Morgan fingerprint density at radius 2 is 1.86 bits per heavy atom. The molecule has 1 aromatic rings. The lowest BCUT2D eigenvalue weighted by atomic mass is 9.94. The van der Waals surface area contributed by atoms with Crippen molar-refractivity contribution < 1.29 is 9.90 Å². The Balaban J connectivity index is 1.69. The van der Waals surface area contributed by atoms with E-state index in [1.807, 2.05) is 12.1 Å². The number of nitrogens with zero attached hydrogens (tertiary/aromatic N) is 1. The van der Waals surface area contributed by atoms with E-state index in [4.69, 9.17) is 12.2 Å². The van der Waals surface area contributed by atoms with Crippen LogP contribution in [0.5, 0.6) is 5.75 Å². The fourth-order valence-electron chi connectivity index (χ4n) is 3.24. The number of carbonyl (C=O) groups is 1. The monoisotopic (exact) mass is 304 g/mol. The molecule has 2 aliphatic rings. The van der Waals surface area contributed by atoms with E-state index < -0.39 is 0 Å². The van der Waals surface area contributed by atoms with Gasteiger partial charge in [0.15, 0.2) is 5.11 Å². The van der Waals surface area contributed by atoms with Gasteiger partial charge >= 0.3 is 0 Å². The lowest BCUT2D eigenvalue weighted by Gasteiger charge is -2.30. The van der Waals surface area contributed by atoms with Gasteiger partial charge in [-0.1, -0.05) is 31.4 Å². The van der Waals surface area contributed by atoms with Crippen molar-refractivity contribution in [2.75, 3.05) is 0 Å². The van der Waals surface area contributed by atoms with Crippen LogP contribution in [0, 0.1) is 0 Å². The number of aromatic hydroxyl groups is 1. The van der Waals surface area contributed by atoms with Gasteiger partial charge in [-0.15, -0.1) is 0 Å². The number of phenolic OH excluding ortho intramolecular Hbond substituents is 1. The molecule has 0 unspecified atom stereocenters. The largest absolute Gasteiger partial charge is 0.508 e. The Bertz CT molecular complexity index is 538. The highest BCUT2D eigenvalue weighted by molar-refractivity contribution is 7.80. The number of thiocarbonyl (C=S) groups is 1. The van der Waals surface area contributed by atoms with Crippen molar-refractivity contribution in [1.29, 1.82) is 0 Å². The summed E-state index contributed by atoms with van der Waals surface area (Å²) in [5.74, 6) is 0.337. The molecule has 0 bridgehead atoms. The van der Waals surface area contributed by atoms with Crippen LogP contribution in [0.2, 0.25) is 0 Å². The maximum absolute atomic E-state index is 12.6. The third kappa shape index (κ3) is 3.02. The molecule has 21 heavy (non-hydrogen) atoms. The van der Waals surface area contributed by atoms with E-state index in [-0.39, 0.29) is 23.7 Å². The normalized spacial score (nSPS) is 23.4. The van der Waals surface area contributed by atoms with E-state index in [0.717, 1.165) is 18.4 Å². The van der Waals surface area contributed by atoms with Gasteiger partial charge in [0, 0.05) is 12.5 Å². The van der Waals surface area contributed by atoms with Gasteiger partial charge in [-0.25, -0.2) is 0 Å². The van der Waals surface area contributed by atoms with Crippen LogP contribution in [0.15, 0.2) is 24.3 Å². The molecular weight excluding hydrogens is 284 g/mol. The number of phenols is 1. The minimum atomic E-state index is -0.274. The van der Waals surface area contributed by atoms with Crippen molar-refractivity contribution in [2.45, 2.75) is 50.6 Å². The highest BCUT2D eigenvalue weighted by atomic mass is 32.1. The standard InChI is InChI=1S/C16H20N2O2S/c19-13-8-6-11(7-9-13)10-14-15(20)18(16(21)17-14)12-4-2-1-3-5-12/h6-9,12,14,19H,1-5,10H2,(H,17,21)/t14-/m0/s1. The fourth-order valence-corrected chi connectivity index (χ4v) is 3.62. The van der Waals surface area contributed by atoms with Crippen LogP contribution in [0.25, 0.3) is 0 Å². The van der Waals surface area contributed by atoms with Crippen LogP contribution in [0.1, 0.15) is 37.7 Å². The predicted octanol–water partition coefficient (Wildman–Crippen LogP) is 2.35. The molecule has 1 aliphatic heterocycles. The molecule has 0 spiro atoms. The van der Waals surface area contributed by atoms with Crippen LogP contribution < -0.4 is 5.32 Å². The molecule has 1 aromatic carbocycles. The predicted molar refractivity (Wildman–Crippen MR) is 85.1 cm³/mol. The smallest absolute Gasteiger partial charge is 0.251 e. The van der Waals surface area contributed by atoms with Gasteiger partial charge in [0.05, 0.1) is 0 Å². The minimum absolute atomic E-state index is 0.0972. The summed E-state index contributed by atoms with van der Waals surface area (Å²) in [7, 11) is 0. The van der Waals surface area contributed by atoms with Crippen LogP contribution in [0.3, 0.4) is 0 Å². The highest BCUT2D eigenvalue weighted by Gasteiger charge is 2.39. The number of amides is 1. The molecule has 2 N–H and O–H groups in total. The molecule has 0 radical (unpaired) electrons. The van der Waals surface area contributed by atoms with Gasteiger partial charge in [-0.2, -0.15) is 0 Å². The number of rotatable bonds is 3. The summed E-state index contributed by atoms with van der Waals surface area (Å²) >= 11 is 5.37. The molecular formula is C16H20N2O2S. The Morgan fingerprint density at radius 3 is 2.52 bits per heavy atom. The van der Waals surface area contributed by atoms with Crippen molar-refractivity contribution in [1.82, 2.24) is 10.2 Å². The first-order chi connectivity index (χ1) is 10.1. The quantitative estimate of drug-likeness (QED) is 0.842. The zero-order valence-corrected chi connectivity index (χ0v) is 12.7. The Kier molecular flexibility index (Phi) is 4.10. The van der Waals surface area contributed by atoms with E-state index in [0.29, 0.717) is 11.5 Å². The molecule has 1 atom stereocenters. The number of nitrogens with one attached hydrogen (secondary N) is 1. The van der Waals surface area contributed by atoms with Gasteiger partial charge < -0.3 is 10.4 Å². The lowest BCUT2D eigenvalue weighted by Crippen LogP contribution is -2.42. The molecule has 2 fully saturated rings. The number of carbonyl (C=O) groups excluding carboxylic acids is 1. The molecule has 1 amide bonds. The average Bonchev–Trinajstić information content (AvgIpc) is 2.77. The van der Waals surface area contributed by atoms with Gasteiger partial charge in [0.2, 0.25) is 0 Å². The summed E-state index contributed by atoms with van der Waals surface area (Å²) in [4.78, 5) is 14.4. The topological polar surface area (TPSA) is 52.6 Å². The van der Waals surface area contributed by atoms with Gasteiger partial charge in [-0.05, 0) is 42.8 Å². The Labute approximate surface area is 130 Å². The Hall–Kier alpha value is -1.62. The second-order valence-corrected chi connectivity index (χ2v) is 6.26. The van der Waals surface area contributed by atoms with Crippen molar-refractivity contribution in [3.8, 4) is 5.75 Å². The second kappa shape index (κ2) is 6.02. The molecule has 1 aliphatic carbocycles. The molecule has 1 heterocycles. The molecule has 5 heteroatoms. The van der Waals surface area contributed by atoms with Gasteiger partial charge in [0.25, 0.3) is 5.91 Å². The van der Waals surface area contributed by atoms with Crippen LogP contribution in [-0.4, -0.2) is 33.1 Å². The number of hydrogen-bond donors (Lipinski definition) is 2. The van der Waals surface area contributed by atoms with Crippen LogP contribution in [0.4, 0.5) is 0 Å².